The molecule has 4 heteroatoms. The van der Waals surface area contributed by atoms with Crippen LogP contribution in [0.2, 0.25) is 0 Å². The molecule has 0 saturated carbocycles. The smallest absolute Gasteiger partial charge is 0.254 e. The topological polar surface area (TPSA) is 69.1 Å². The Bertz CT molecular complexity index is 517. The molecule has 2 heterocycles. The molecule has 2 aromatic rings. The van der Waals surface area contributed by atoms with Gasteiger partial charge < -0.3 is 10.2 Å². The lowest BCUT2D eigenvalue weighted by molar-refractivity contribution is 0.0999. The molecule has 2 aromatic heterocycles. The number of furan rings is 1. The van der Waals surface area contributed by atoms with Crippen molar-refractivity contribution in [3.63, 3.8) is 0 Å². The third-order valence-corrected chi connectivity index (χ3v) is 2.52. The molecule has 84 valence electrons. The minimum absolute atomic E-state index is 0.434. The molecule has 16 heavy (non-hydrogen) atoms. The van der Waals surface area contributed by atoms with E-state index in [0.717, 1.165) is 19.3 Å². The van der Waals surface area contributed by atoms with Gasteiger partial charge in [0.05, 0.1) is 0 Å². The van der Waals surface area contributed by atoms with Crippen molar-refractivity contribution in [2.24, 2.45) is 5.73 Å². The summed E-state index contributed by atoms with van der Waals surface area (Å²) in [5, 5.41) is 0. The van der Waals surface area contributed by atoms with Gasteiger partial charge in [0.2, 0.25) is 0 Å². The van der Waals surface area contributed by atoms with Crippen molar-refractivity contribution in [1.29, 1.82) is 0 Å². The van der Waals surface area contributed by atoms with Crippen molar-refractivity contribution in [2.45, 2.75) is 26.2 Å². The monoisotopic (exact) mass is 218 g/mol. The lowest BCUT2D eigenvalue weighted by atomic mass is 10.1. The van der Waals surface area contributed by atoms with E-state index in [1.165, 1.54) is 0 Å². The number of fused-ring (bicyclic) bond motifs is 1. The van der Waals surface area contributed by atoms with Gasteiger partial charge in [0, 0.05) is 12.6 Å². The minimum atomic E-state index is -0.469. The van der Waals surface area contributed by atoms with Crippen LogP contribution < -0.4 is 5.73 Å². The lowest BCUT2D eigenvalue weighted by Gasteiger charge is -1.96. The number of nitrogens with two attached hydrogens (primary N) is 1. The lowest BCUT2D eigenvalue weighted by Crippen LogP contribution is -2.12. The fourth-order valence-electron chi connectivity index (χ4n) is 1.74. The quantitative estimate of drug-likeness (QED) is 0.855. The number of carbonyl (C=O) groups excluding carboxylic acids is 1. The van der Waals surface area contributed by atoms with Gasteiger partial charge in [0.1, 0.15) is 16.8 Å². The van der Waals surface area contributed by atoms with E-state index >= 15 is 0 Å². The van der Waals surface area contributed by atoms with Gasteiger partial charge in [-0.3, -0.25) is 9.78 Å². The molecule has 0 unspecified atom stereocenters. The van der Waals surface area contributed by atoms with E-state index in [0.29, 0.717) is 22.4 Å². The molecule has 0 atom stereocenters. The third kappa shape index (κ3) is 1.78. The van der Waals surface area contributed by atoms with Crippen LogP contribution in [0, 0.1) is 0 Å². The molecule has 1 amide bonds. The van der Waals surface area contributed by atoms with Crippen LogP contribution in [0.1, 0.15) is 35.9 Å². The Hall–Kier alpha value is -1.84. The van der Waals surface area contributed by atoms with Gasteiger partial charge >= 0.3 is 0 Å². The van der Waals surface area contributed by atoms with Gasteiger partial charge in [-0.25, -0.2) is 0 Å². The van der Waals surface area contributed by atoms with Crippen molar-refractivity contribution in [3.05, 3.63) is 29.7 Å². The number of carbonyl (C=O) groups is 1. The molecule has 0 aliphatic heterocycles. The van der Waals surface area contributed by atoms with Crippen molar-refractivity contribution in [2.75, 3.05) is 0 Å². The molecule has 0 aromatic carbocycles. The van der Waals surface area contributed by atoms with Crippen LogP contribution in [-0.4, -0.2) is 10.9 Å². The zero-order valence-corrected chi connectivity index (χ0v) is 9.19. The fourth-order valence-corrected chi connectivity index (χ4v) is 1.74. The van der Waals surface area contributed by atoms with Gasteiger partial charge in [-0.1, -0.05) is 13.3 Å². The Kier molecular flexibility index (Phi) is 2.90. The van der Waals surface area contributed by atoms with E-state index in [1.54, 1.807) is 18.3 Å². The van der Waals surface area contributed by atoms with Crippen LogP contribution in [0.4, 0.5) is 0 Å². The van der Waals surface area contributed by atoms with Gasteiger partial charge in [-0.2, -0.15) is 0 Å². The summed E-state index contributed by atoms with van der Waals surface area (Å²) in [6.45, 7) is 2.09. The number of hydrogen-bond acceptors (Lipinski definition) is 3. The number of unbranched alkanes of at least 4 members (excludes halogenated alkanes) is 1. The van der Waals surface area contributed by atoms with E-state index in [1.807, 2.05) is 0 Å². The number of aryl methyl sites for hydroxylation is 1. The Morgan fingerprint density at radius 2 is 2.38 bits per heavy atom. The molecule has 4 nitrogen and oxygen atoms in total. The van der Waals surface area contributed by atoms with Crippen molar-refractivity contribution in [1.82, 2.24) is 4.98 Å². The fraction of sp³-hybridized carbons (Fsp3) is 0.333. The minimum Gasteiger partial charge on any atom is -0.459 e. The number of primary amides is 1. The first-order valence-electron chi connectivity index (χ1n) is 5.40. The molecule has 2 N–H and O–H groups in total. The highest BCUT2D eigenvalue weighted by atomic mass is 16.3. The second kappa shape index (κ2) is 4.35. The zero-order chi connectivity index (χ0) is 11.5. The highest BCUT2D eigenvalue weighted by Gasteiger charge is 2.18. The van der Waals surface area contributed by atoms with E-state index in [-0.39, 0.29) is 0 Å². The second-order valence-corrected chi connectivity index (χ2v) is 3.72. The molecule has 0 bridgehead atoms. The maximum atomic E-state index is 11.4. The van der Waals surface area contributed by atoms with Crippen molar-refractivity contribution < 1.29 is 9.21 Å². The van der Waals surface area contributed by atoms with Gasteiger partial charge in [-0.15, -0.1) is 0 Å². The van der Waals surface area contributed by atoms with Crippen LogP contribution in [0.5, 0.6) is 0 Å². The Balaban J connectivity index is 2.54. The maximum Gasteiger partial charge on any atom is 0.254 e. The van der Waals surface area contributed by atoms with E-state index < -0.39 is 5.91 Å². The molecule has 0 spiro atoms. The van der Waals surface area contributed by atoms with Gasteiger partial charge in [0.25, 0.3) is 5.91 Å². The molecule has 2 rings (SSSR count). The number of nitrogens with zero attached hydrogens (tertiary/aromatic N) is 1. The summed E-state index contributed by atoms with van der Waals surface area (Å²) in [4.78, 5) is 15.5. The van der Waals surface area contributed by atoms with Crippen LogP contribution in [0.25, 0.3) is 11.1 Å². The van der Waals surface area contributed by atoms with Crippen LogP contribution in [0.3, 0.4) is 0 Å². The standard InChI is InChI=1S/C12H14N2O2/c1-2-3-5-8-10(12(13)15)11-9(16-8)6-4-7-14-11/h4,6-7H,2-3,5H2,1H3,(H2,13,15). The van der Waals surface area contributed by atoms with E-state index in [9.17, 15) is 4.79 Å². The largest absolute Gasteiger partial charge is 0.459 e. The predicted octanol–water partition coefficient (Wildman–Crippen LogP) is 2.27. The van der Waals surface area contributed by atoms with Crippen molar-refractivity contribution in [3.8, 4) is 0 Å². The van der Waals surface area contributed by atoms with E-state index in [4.69, 9.17) is 10.2 Å². The first-order valence-corrected chi connectivity index (χ1v) is 5.40. The summed E-state index contributed by atoms with van der Waals surface area (Å²) < 4.78 is 5.60. The Labute approximate surface area is 93.5 Å². The predicted molar refractivity (Wildman–Crippen MR) is 61.1 cm³/mol. The number of amides is 1. The number of aromatic nitrogens is 1. The average Bonchev–Trinajstić information content (AvgIpc) is 2.64. The summed E-state index contributed by atoms with van der Waals surface area (Å²) in [6, 6.07) is 3.57. The molecule has 0 aliphatic carbocycles. The zero-order valence-electron chi connectivity index (χ0n) is 9.19. The maximum absolute atomic E-state index is 11.4. The van der Waals surface area contributed by atoms with E-state index in [2.05, 4.69) is 11.9 Å². The highest BCUT2D eigenvalue weighted by molar-refractivity contribution is 6.04. The van der Waals surface area contributed by atoms with Gasteiger partial charge in [0.15, 0.2) is 5.58 Å². The van der Waals surface area contributed by atoms with Crippen LogP contribution in [-0.2, 0) is 6.42 Å². The van der Waals surface area contributed by atoms with Gasteiger partial charge in [-0.05, 0) is 18.6 Å². The summed E-state index contributed by atoms with van der Waals surface area (Å²) >= 11 is 0. The number of pyridine rings is 1. The Morgan fingerprint density at radius 3 is 3.06 bits per heavy atom. The molecule has 0 aliphatic rings. The second-order valence-electron chi connectivity index (χ2n) is 3.72. The third-order valence-electron chi connectivity index (χ3n) is 2.52. The van der Waals surface area contributed by atoms with Crippen LogP contribution >= 0.6 is 0 Å². The first-order chi connectivity index (χ1) is 7.74. The SMILES string of the molecule is CCCCc1oc2cccnc2c1C(N)=O. The highest BCUT2D eigenvalue weighted by Crippen LogP contribution is 2.24. The molecular weight excluding hydrogens is 204 g/mol. The molecule has 0 saturated heterocycles. The average molecular weight is 218 g/mol. The first kappa shape index (κ1) is 10.7. The van der Waals surface area contributed by atoms with Crippen LogP contribution in [0.15, 0.2) is 22.7 Å². The molecule has 0 fully saturated rings. The Morgan fingerprint density at radius 1 is 1.56 bits per heavy atom. The number of rotatable bonds is 4. The number of hydrogen-bond donors (Lipinski definition) is 1. The molecule has 0 radical (unpaired) electrons. The summed E-state index contributed by atoms with van der Waals surface area (Å²) in [7, 11) is 0. The summed E-state index contributed by atoms with van der Waals surface area (Å²) in [5.74, 6) is 0.187. The summed E-state index contributed by atoms with van der Waals surface area (Å²) in [6.07, 6.45) is 4.38. The van der Waals surface area contributed by atoms with Crippen molar-refractivity contribution >= 4 is 17.0 Å². The summed E-state index contributed by atoms with van der Waals surface area (Å²) in [5.41, 5.74) is 6.99. The normalized spacial score (nSPS) is 10.8. The molecular formula is C12H14N2O2.